The summed E-state index contributed by atoms with van der Waals surface area (Å²) in [4.78, 5) is 14.0. The van der Waals surface area contributed by atoms with Crippen molar-refractivity contribution in [2.75, 3.05) is 11.8 Å². The van der Waals surface area contributed by atoms with Gasteiger partial charge in [0.15, 0.2) is 0 Å². The smallest absolute Gasteiger partial charge is 0.352 e. The molecule has 0 aliphatic carbocycles. The van der Waals surface area contributed by atoms with E-state index in [-0.39, 0.29) is 5.69 Å². The molecule has 0 amide bonds. The minimum atomic E-state index is -0.984. The maximum absolute atomic E-state index is 11.1. The minimum absolute atomic E-state index is 0.155. The van der Waals surface area contributed by atoms with Gasteiger partial charge in [0.1, 0.15) is 11.4 Å². The summed E-state index contributed by atoms with van der Waals surface area (Å²) in [6, 6.07) is 9.23. The molecule has 0 atom stereocenters. The summed E-state index contributed by atoms with van der Waals surface area (Å²) in [5, 5.41) is 11.9. The van der Waals surface area contributed by atoms with Crippen LogP contribution in [0, 0.1) is 0 Å². The number of aromatic nitrogens is 1. The molecule has 0 aliphatic heterocycles. The van der Waals surface area contributed by atoms with Crippen LogP contribution in [0.1, 0.15) is 10.5 Å². The molecular weight excluding hydrogens is 308 g/mol. The van der Waals surface area contributed by atoms with Crippen LogP contribution in [0.2, 0.25) is 0 Å². The Morgan fingerprint density at radius 2 is 2.29 bits per heavy atom. The molecule has 3 rings (SSSR count). The van der Waals surface area contributed by atoms with Crippen LogP contribution in [-0.2, 0) is 0 Å². The molecule has 0 bridgehead atoms. The number of hydrogen-bond donors (Lipinski definition) is 3. The lowest BCUT2D eigenvalue weighted by molar-refractivity contribution is 0.0691. The summed E-state index contributed by atoms with van der Waals surface area (Å²) in [7, 11) is 1.59. The highest BCUT2D eigenvalue weighted by molar-refractivity contribution is 8.02. The molecule has 1 aromatic carbocycles. The normalized spacial score (nSPS) is 10.7. The highest BCUT2D eigenvalue weighted by Crippen LogP contribution is 2.33. The fraction of sp³-hybridized carbons (Fsp3) is 0.0714. The van der Waals surface area contributed by atoms with Crippen molar-refractivity contribution in [1.82, 2.24) is 4.98 Å². The van der Waals surface area contributed by atoms with E-state index in [9.17, 15) is 4.79 Å². The zero-order chi connectivity index (χ0) is 14.8. The Kier molecular flexibility index (Phi) is 3.76. The first-order valence-electron chi connectivity index (χ1n) is 6.08. The van der Waals surface area contributed by atoms with Crippen LogP contribution in [-0.4, -0.2) is 23.2 Å². The molecule has 0 unspecified atom stereocenters. The average molecular weight is 320 g/mol. The van der Waals surface area contributed by atoms with Gasteiger partial charge < -0.3 is 19.5 Å². The number of carboxylic acids is 1. The van der Waals surface area contributed by atoms with E-state index in [4.69, 9.17) is 9.84 Å². The van der Waals surface area contributed by atoms with Gasteiger partial charge >= 0.3 is 5.97 Å². The molecule has 0 saturated heterocycles. The second-order valence-electron chi connectivity index (χ2n) is 4.26. The summed E-state index contributed by atoms with van der Waals surface area (Å²) in [6.07, 6.45) is 0. The van der Waals surface area contributed by atoms with Crippen molar-refractivity contribution < 1.29 is 14.6 Å². The first kappa shape index (κ1) is 13.8. The predicted octanol–water partition coefficient (Wildman–Crippen LogP) is 4.06. The molecule has 0 aliphatic rings. The van der Waals surface area contributed by atoms with Crippen LogP contribution in [0.25, 0.3) is 10.9 Å². The van der Waals surface area contributed by atoms with Crippen molar-refractivity contribution in [2.24, 2.45) is 0 Å². The Balaban J connectivity index is 1.99. The van der Waals surface area contributed by atoms with Crippen LogP contribution in [0.5, 0.6) is 5.75 Å². The van der Waals surface area contributed by atoms with Crippen LogP contribution in [0.15, 0.2) is 39.9 Å². The first-order chi connectivity index (χ1) is 10.2. The van der Waals surface area contributed by atoms with Gasteiger partial charge in [-0.3, -0.25) is 0 Å². The van der Waals surface area contributed by atoms with Crippen molar-refractivity contribution in [3.8, 4) is 5.75 Å². The molecule has 3 aromatic rings. The number of carbonyl (C=O) groups is 1. The number of aromatic carboxylic acids is 1. The third-order valence-electron chi connectivity index (χ3n) is 2.92. The minimum Gasteiger partial charge on any atom is -0.497 e. The highest BCUT2D eigenvalue weighted by Gasteiger charge is 2.12. The number of thiophene rings is 1. The summed E-state index contributed by atoms with van der Waals surface area (Å²) in [6.45, 7) is 0. The van der Waals surface area contributed by atoms with Gasteiger partial charge in [0.2, 0.25) is 0 Å². The zero-order valence-corrected chi connectivity index (χ0v) is 12.7. The van der Waals surface area contributed by atoms with Crippen molar-refractivity contribution in [3.63, 3.8) is 0 Å². The molecule has 5 nitrogen and oxygen atoms in total. The number of hydrogen-bond acceptors (Lipinski definition) is 5. The van der Waals surface area contributed by atoms with Gasteiger partial charge in [-0.15, -0.1) is 11.3 Å². The number of nitrogens with one attached hydrogen (secondary N) is 2. The third-order valence-corrected chi connectivity index (χ3v) is 4.78. The van der Waals surface area contributed by atoms with E-state index in [0.29, 0.717) is 5.75 Å². The second kappa shape index (κ2) is 5.71. The van der Waals surface area contributed by atoms with E-state index in [1.165, 1.54) is 11.9 Å². The maximum atomic E-state index is 11.1. The SMILES string of the molecule is COc1cc(NSc2cccs2)c2[nH]c(C(=O)O)cc2c1. The van der Waals surface area contributed by atoms with E-state index in [2.05, 4.69) is 9.71 Å². The van der Waals surface area contributed by atoms with Gasteiger partial charge in [0.25, 0.3) is 0 Å². The van der Waals surface area contributed by atoms with Crippen LogP contribution in [0.3, 0.4) is 0 Å². The third kappa shape index (κ3) is 2.84. The van der Waals surface area contributed by atoms with Gasteiger partial charge in [0, 0.05) is 11.5 Å². The number of carboxylic acid groups (broad SMARTS) is 1. The molecule has 3 N–H and O–H groups in total. The molecule has 0 saturated carbocycles. The molecule has 21 heavy (non-hydrogen) atoms. The Labute approximate surface area is 129 Å². The lowest BCUT2D eigenvalue weighted by Crippen LogP contribution is -1.95. The lowest BCUT2D eigenvalue weighted by Gasteiger charge is -2.08. The molecule has 0 spiro atoms. The number of H-pyrrole nitrogens is 1. The summed E-state index contributed by atoms with van der Waals surface area (Å²) < 4.78 is 9.62. The van der Waals surface area contributed by atoms with Crippen molar-refractivity contribution >= 4 is 45.8 Å². The van der Waals surface area contributed by atoms with Gasteiger partial charge in [0.05, 0.1) is 22.5 Å². The number of rotatable bonds is 5. The summed E-state index contributed by atoms with van der Waals surface area (Å²) in [5.41, 5.74) is 1.69. The van der Waals surface area contributed by atoms with Gasteiger partial charge in [-0.1, -0.05) is 6.07 Å². The van der Waals surface area contributed by atoms with Gasteiger partial charge in [-0.05, 0) is 35.5 Å². The fourth-order valence-corrected chi connectivity index (χ4v) is 3.41. The summed E-state index contributed by atoms with van der Waals surface area (Å²) in [5.74, 6) is -0.310. The van der Waals surface area contributed by atoms with Crippen molar-refractivity contribution in [2.45, 2.75) is 4.21 Å². The number of fused-ring (bicyclic) bond motifs is 1. The fourth-order valence-electron chi connectivity index (χ4n) is 1.96. The Hall–Kier alpha value is -2.12. The van der Waals surface area contributed by atoms with Crippen LogP contribution in [0.4, 0.5) is 5.69 Å². The predicted molar refractivity (Wildman–Crippen MR) is 85.6 cm³/mol. The van der Waals surface area contributed by atoms with Crippen LogP contribution < -0.4 is 9.46 Å². The average Bonchev–Trinajstić information content (AvgIpc) is 3.13. The topological polar surface area (TPSA) is 74.3 Å². The Morgan fingerprint density at radius 3 is 2.95 bits per heavy atom. The molecule has 108 valence electrons. The maximum Gasteiger partial charge on any atom is 0.352 e. The number of benzene rings is 1. The Bertz CT molecular complexity index is 781. The van der Waals surface area contributed by atoms with E-state index in [0.717, 1.165) is 20.8 Å². The van der Waals surface area contributed by atoms with E-state index >= 15 is 0 Å². The van der Waals surface area contributed by atoms with Crippen molar-refractivity contribution in [1.29, 1.82) is 0 Å². The van der Waals surface area contributed by atoms with E-state index in [1.54, 1.807) is 30.6 Å². The molecule has 7 heteroatoms. The molecule has 0 fully saturated rings. The standard InChI is InChI=1S/C14H12N2O3S2/c1-19-9-5-8-6-11(14(17)18)15-13(8)10(7-9)16-21-12-3-2-4-20-12/h2-7,15-16H,1H3,(H,17,18). The molecule has 2 heterocycles. The number of ether oxygens (including phenoxy) is 1. The number of anilines is 1. The molecule has 2 aromatic heterocycles. The van der Waals surface area contributed by atoms with Crippen LogP contribution >= 0.6 is 23.3 Å². The zero-order valence-electron chi connectivity index (χ0n) is 11.0. The van der Waals surface area contributed by atoms with Gasteiger partial charge in [-0.2, -0.15) is 0 Å². The summed E-state index contributed by atoms with van der Waals surface area (Å²) >= 11 is 3.11. The largest absolute Gasteiger partial charge is 0.497 e. The first-order valence-corrected chi connectivity index (χ1v) is 7.77. The number of methoxy groups -OCH3 is 1. The quantitative estimate of drug-likeness (QED) is 0.618. The monoisotopic (exact) mass is 320 g/mol. The lowest BCUT2D eigenvalue weighted by atomic mass is 10.2. The highest BCUT2D eigenvalue weighted by atomic mass is 32.2. The van der Waals surface area contributed by atoms with Gasteiger partial charge in [-0.25, -0.2) is 4.79 Å². The van der Waals surface area contributed by atoms with E-state index in [1.807, 2.05) is 23.6 Å². The molecule has 0 radical (unpaired) electrons. The second-order valence-corrected chi connectivity index (χ2v) is 6.32. The Morgan fingerprint density at radius 1 is 1.43 bits per heavy atom. The molecular formula is C14H12N2O3S2. The van der Waals surface area contributed by atoms with E-state index < -0.39 is 5.97 Å². The number of aromatic amines is 1. The van der Waals surface area contributed by atoms with Crippen molar-refractivity contribution in [3.05, 3.63) is 41.4 Å².